The molecule has 1 aromatic heterocycles. The van der Waals surface area contributed by atoms with E-state index in [9.17, 15) is 32.5 Å². The highest BCUT2D eigenvalue weighted by atomic mass is 35.5. The number of carbonyl (C=O) groups excluding carboxylic acids is 4. The maximum Gasteiger partial charge on any atom is 0.399 e. The highest BCUT2D eigenvalue weighted by Crippen LogP contribution is 2.59. The van der Waals surface area contributed by atoms with E-state index in [2.05, 4.69) is 10.3 Å². The first-order valence-corrected chi connectivity index (χ1v) is 17.1. The Labute approximate surface area is 273 Å². The van der Waals surface area contributed by atoms with Gasteiger partial charge in [-0.3, -0.25) is 23.7 Å². The largest absolute Gasteiger partial charge is 0.399 e. The SMILES string of the molecule is CC(=O)N1CC[C@H]2CC[C@@H](C(=O)N3CCc4cc(Cl)ccc4C3)N2C(=O)[C@@H](NC(=O)c2cc3cc(C(F)(F)P(=O)(O)O)ccc3[nH]2)C1. The Kier molecular flexibility index (Phi) is 8.67. The third kappa shape index (κ3) is 6.27. The number of hydrogen-bond donors (Lipinski definition) is 4. The van der Waals surface area contributed by atoms with Gasteiger partial charge in [0.2, 0.25) is 17.7 Å². The van der Waals surface area contributed by atoms with Gasteiger partial charge < -0.3 is 34.8 Å². The van der Waals surface area contributed by atoms with Gasteiger partial charge in [-0.2, -0.15) is 8.78 Å². The van der Waals surface area contributed by atoms with Crippen LogP contribution in [0.2, 0.25) is 5.02 Å². The summed E-state index contributed by atoms with van der Waals surface area (Å²) in [4.78, 5) is 79.8. The van der Waals surface area contributed by atoms with Gasteiger partial charge in [-0.05, 0) is 67.1 Å². The standard InChI is InChI=1S/C31H33ClF2N5O7P/c1-17(40)37-11-9-23-5-7-27(30(43)38-10-8-18-13-22(32)4-2-19(18)15-38)39(23)29(42)26(16-37)36-28(41)25-14-20-12-21(3-6-24(20)35-25)31(33,34)47(44,45)46/h2-4,6,12-14,23,26-27,35H,5,7-11,15-16H2,1H3,(H,36,41)(H2,44,45,46)/t23-,26+,27+/m1/s1. The molecule has 250 valence electrons. The first-order valence-electron chi connectivity index (χ1n) is 15.2. The molecule has 47 heavy (non-hydrogen) atoms. The van der Waals surface area contributed by atoms with Crippen LogP contribution in [0.3, 0.4) is 0 Å². The summed E-state index contributed by atoms with van der Waals surface area (Å²) in [6.07, 6.45) is 2.09. The number of alkyl halides is 2. The normalized spacial score (nSPS) is 22.0. The van der Waals surface area contributed by atoms with Crippen molar-refractivity contribution in [2.45, 2.75) is 62.9 Å². The monoisotopic (exact) mass is 691 g/mol. The molecule has 3 atom stereocenters. The number of carbonyl (C=O) groups is 4. The molecule has 0 bridgehead atoms. The minimum Gasteiger partial charge on any atom is -0.351 e. The predicted octanol–water partition coefficient (Wildman–Crippen LogP) is 3.34. The predicted molar refractivity (Wildman–Crippen MR) is 167 cm³/mol. The van der Waals surface area contributed by atoms with Crippen molar-refractivity contribution < 1.29 is 42.3 Å². The Morgan fingerprint density at radius 2 is 1.79 bits per heavy atom. The molecular weight excluding hydrogens is 659 g/mol. The zero-order chi connectivity index (χ0) is 33.8. The van der Waals surface area contributed by atoms with Crippen molar-refractivity contribution in [1.82, 2.24) is 25.0 Å². The molecule has 6 rings (SSSR count). The number of nitrogens with one attached hydrogen (secondary N) is 2. The Balaban J connectivity index is 1.24. The molecule has 2 aromatic carbocycles. The number of aromatic nitrogens is 1. The number of rotatable bonds is 5. The molecule has 3 aliphatic heterocycles. The van der Waals surface area contributed by atoms with Crippen molar-refractivity contribution in [3.05, 3.63) is 69.9 Å². The number of amides is 4. The molecule has 12 nitrogen and oxygen atoms in total. The molecule has 4 amide bonds. The fraction of sp³-hybridized carbons (Fsp3) is 0.419. The average Bonchev–Trinajstić information content (AvgIpc) is 3.64. The second-order valence-electron chi connectivity index (χ2n) is 12.3. The van der Waals surface area contributed by atoms with E-state index in [1.54, 1.807) is 15.9 Å². The molecule has 2 fully saturated rings. The topological polar surface area (TPSA) is 163 Å². The van der Waals surface area contributed by atoms with Gasteiger partial charge in [0.25, 0.3) is 5.91 Å². The quantitative estimate of drug-likeness (QED) is 0.298. The minimum atomic E-state index is -5.81. The van der Waals surface area contributed by atoms with Crippen LogP contribution >= 0.6 is 19.2 Å². The van der Waals surface area contributed by atoms with Crippen molar-refractivity contribution in [3.8, 4) is 0 Å². The van der Waals surface area contributed by atoms with Crippen molar-refractivity contribution >= 4 is 53.7 Å². The molecule has 3 aromatic rings. The van der Waals surface area contributed by atoms with E-state index in [0.717, 1.165) is 23.3 Å². The van der Waals surface area contributed by atoms with Gasteiger partial charge in [0.05, 0.1) is 0 Å². The van der Waals surface area contributed by atoms with E-state index in [1.165, 1.54) is 24.0 Å². The maximum atomic E-state index is 14.3. The fourth-order valence-corrected chi connectivity index (χ4v) is 7.45. The van der Waals surface area contributed by atoms with Crippen LogP contribution in [-0.4, -0.2) is 90.9 Å². The highest BCUT2D eigenvalue weighted by molar-refractivity contribution is 7.52. The van der Waals surface area contributed by atoms with E-state index in [0.29, 0.717) is 50.3 Å². The number of H-pyrrole nitrogens is 1. The lowest BCUT2D eigenvalue weighted by Crippen LogP contribution is -2.61. The molecule has 4 heterocycles. The number of benzene rings is 2. The van der Waals surface area contributed by atoms with Crippen molar-refractivity contribution in [3.63, 3.8) is 0 Å². The van der Waals surface area contributed by atoms with Crippen LogP contribution in [0.1, 0.15) is 53.4 Å². The molecule has 0 aliphatic carbocycles. The minimum absolute atomic E-state index is 0.0887. The Morgan fingerprint density at radius 3 is 2.51 bits per heavy atom. The van der Waals surface area contributed by atoms with Gasteiger partial charge in [0, 0.05) is 60.6 Å². The molecular formula is C31H33ClF2N5O7P. The third-order valence-corrected chi connectivity index (χ3v) is 10.5. The summed E-state index contributed by atoms with van der Waals surface area (Å²) in [6, 6.07) is 7.40. The Bertz CT molecular complexity index is 1830. The van der Waals surface area contributed by atoms with Crippen LogP contribution in [0.25, 0.3) is 10.9 Å². The lowest BCUT2D eigenvalue weighted by molar-refractivity contribution is -0.149. The third-order valence-electron chi connectivity index (χ3n) is 9.30. The summed E-state index contributed by atoms with van der Waals surface area (Å²) in [5.74, 6) is -1.74. The zero-order valence-electron chi connectivity index (χ0n) is 25.3. The number of aromatic amines is 1. The van der Waals surface area contributed by atoms with Crippen LogP contribution in [-0.2, 0) is 37.6 Å². The molecule has 16 heteroatoms. The van der Waals surface area contributed by atoms with Gasteiger partial charge in [-0.1, -0.05) is 23.7 Å². The van der Waals surface area contributed by atoms with Gasteiger partial charge in [-0.15, -0.1) is 0 Å². The molecule has 4 N–H and O–H groups in total. The van der Waals surface area contributed by atoms with Crippen LogP contribution < -0.4 is 5.32 Å². The summed E-state index contributed by atoms with van der Waals surface area (Å²) >= 11 is 6.14. The van der Waals surface area contributed by atoms with E-state index in [-0.39, 0.29) is 41.0 Å². The van der Waals surface area contributed by atoms with Gasteiger partial charge in [-0.25, -0.2) is 0 Å². The van der Waals surface area contributed by atoms with Crippen LogP contribution in [0.15, 0.2) is 42.5 Å². The molecule has 0 unspecified atom stereocenters. The second-order valence-corrected chi connectivity index (χ2v) is 14.4. The highest BCUT2D eigenvalue weighted by Gasteiger charge is 2.50. The molecule has 0 spiro atoms. The first-order chi connectivity index (χ1) is 22.1. The summed E-state index contributed by atoms with van der Waals surface area (Å²) in [5.41, 5.74) is -3.16. The molecule has 0 radical (unpaired) electrons. The maximum absolute atomic E-state index is 14.3. The van der Waals surface area contributed by atoms with E-state index < -0.39 is 42.7 Å². The van der Waals surface area contributed by atoms with E-state index in [1.807, 2.05) is 12.1 Å². The zero-order valence-corrected chi connectivity index (χ0v) is 26.9. The van der Waals surface area contributed by atoms with Crippen LogP contribution in [0.4, 0.5) is 8.78 Å². The Hall–Kier alpha value is -3.84. The summed E-state index contributed by atoms with van der Waals surface area (Å²) in [6.45, 7) is 2.40. The van der Waals surface area contributed by atoms with E-state index >= 15 is 0 Å². The summed E-state index contributed by atoms with van der Waals surface area (Å²) in [7, 11) is -5.81. The van der Waals surface area contributed by atoms with Crippen molar-refractivity contribution in [2.75, 3.05) is 19.6 Å². The number of hydrogen-bond acceptors (Lipinski definition) is 5. The van der Waals surface area contributed by atoms with Crippen molar-refractivity contribution in [2.24, 2.45) is 0 Å². The lowest BCUT2D eigenvalue weighted by Gasteiger charge is -2.40. The molecule has 2 saturated heterocycles. The van der Waals surface area contributed by atoms with E-state index in [4.69, 9.17) is 21.4 Å². The number of halogens is 3. The smallest absolute Gasteiger partial charge is 0.351 e. The van der Waals surface area contributed by atoms with Crippen molar-refractivity contribution in [1.29, 1.82) is 0 Å². The first kappa shape index (κ1) is 33.1. The van der Waals surface area contributed by atoms with Crippen LogP contribution in [0.5, 0.6) is 0 Å². The number of nitrogens with zero attached hydrogens (tertiary/aromatic N) is 3. The Morgan fingerprint density at radius 1 is 1.02 bits per heavy atom. The molecule has 3 aliphatic rings. The fourth-order valence-electron chi connectivity index (χ4n) is 6.78. The van der Waals surface area contributed by atoms with Crippen LogP contribution in [0, 0.1) is 0 Å². The lowest BCUT2D eigenvalue weighted by atomic mass is 9.99. The average molecular weight is 692 g/mol. The van der Waals surface area contributed by atoms with Gasteiger partial charge >= 0.3 is 13.3 Å². The second kappa shape index (κ2) is 12.3. The summed E-state index contributed by atoms with van der Waals surface area (Å²) < 4.78 is 40.0. The number of fused-ring (bicyclic) bond motifs is 3. The summed E-state index contributed by atoms with van der Waals surface area (Å²) in [5, 5.41) is 3.39. The molecule has 0 saturated carbocycles. The van der Waals surface area contributed by atoms with Gasteiger partial charge in [0.1, 0.15) is 17.8 Å². The van der Waals surface area contributed by atoms with Gasteiger partial charge in [0.15, 0.2) is 0 Å².